The van der Waals surface area contributed by atoms with Gasteiger partial charge in [-0.15, -0.1) is 5.10 Å². The molecule has 0 bridgehead atoms. The normalized spacial score (nSPS) is 16.9. The first-order chi connectivity index (χ1) is 13.6. The number of hydrogen-bond donors (Lipinski definition) is 0. The van der Waals surface area contributed by atoms with Crippen molar-refractivity contribution in [1.29, 1.82) is 0 Å². The molecule has 0 saturated heterocycles. The number of thioether (sulfide) groups is 1. The molecule has 2 aromatic rings. The Bertz CT molecular complexity index is 854. The highest BCUT2D eigenvalue weighted by Gasteiger charge is 2.35. The van der Waals surface area contributed by atoms with Crippen LogP contribution in [-0.4, -0.2) is 42.8 Å². The molecule has 0 spiro atoms. The van der Waals surface area contributed by atoms with Gasteiger partial charge in [0.25, 0.3) is 0 Å². The molecule has 1 saturated carbocycles. The maximum Gasteiger partial charge on any atom is 0.237 e. The van der Waals surface area contributed by atoms with Crippen molar-refractivity contribution in [3.05, 3.63) is 41.6 Å². The molecule has 1 fully saturated rings. The van der Waals surface area contributed by atoms with Crippen molar-refractivity contribution in [2.75, 3.05) is 5.75 Å². The smallest absolute Gasteiger partial charge is 0.237 e. The molecule has 1 amide bonds. The number of nitrogens with zero attached hydrogens (tertiary/aromatic N) is 5. The number of rotatable bonds is 7. The molecule has 0 atom stereocenters. The fourth-order valence-electron chi connectivity index (χ4n) is 3.60. The Morgan fingerprint density at radius 1 is 1.25 bits per heavy atom. The van der Waals surface area contributed by atoms with E-state index in [1.165, 1.54) is 35.9 Å². The second-order valence-corrected chi connectivity index (χ2v) is 8.79. The van der Waals surface area contributed by atoms with Crippen molar-refractivity contribution >= 4 is 17.7 Å². The van der Waals surface area contributed by atoms with Gasteiger partial charge in [-0.1, -0.05) is 43.8 Å². The summed E-state index contributed by atoms with van der Waals surface area (Å²) in [5.74, 6) is 1.01. The number of amides is 1. The summed E-state index contributed by atoms with van der Waals surface area (Å²) in [6.07, 6.45) is 9.01. The predicted molar refractivity (Wildman–Crippen MR) is 110 cm³/mol. The number of benzene rings is 1. The molecule has 0 unspecified atom stereocenters. The van der Waals surface area contributed by atoms with E-state index in [9.17, 15) is 4.79 Å². The molecule has 6 nitrogen and oxygen atoms in total. The van der Waals surface area contributed by atoms with Crippen LogP contribution >= 0.6 is 11.8 Å². The summed E-state index contributed by atoms with van der Waals surface area (Å²) < 4.78 is 1.71. The van der Waals surface area contributed by atoms with Gasteiger partial charge in [0.1, 0.15) is 0 Å². The van der Waals surface area contributed by atoms with Crippen LogP contribution in [-0.2, 0) is 4.79 Å². The average molecular weight is 398 g/mol. The SMILES string of the molecule is CC(C)c1ccc(-n2nnnc2SCC(=O)N(C2=CCCCC2)C2CC2)cc1. The zero-order valence-corrected chi connectivity index (χ0v) is 17.4. The molecule has 7 heteroatoms. The van der Waals surface area contributed by atoms with Gasteiger partial charge in [-0.3, -0.25) is 4.79 Å². The maximum absolute atomic E-state index is 13.0. The van der Waals surface area contributed by atoms with Gasteiger partial charge < -0.3 is 4.90 Å². The Labute approximate surface area is 170 Å². The van der Waals surface area contributed by atoms with Crippen LogP contribution in [0, 0.1) is 0 Å². The maximum atomic E-state index is 13.0. The molecule has 0 N–H and O–H groups in total. The molecule has 148 valence electrons. The molecular formula is C21H27N5OS. The van der Waals surface area contributed by atoms with Crippen molar-refractivity contribution in [3.63, 3.8) is 0 Å². The molecule has 1 heterocycles. The summed E-state index contributed by atoms with van der Waals surface area (Å²) >= 11 is 1.41. The average Bonchev–Trinajstić information content (AvgIpc) is 3.43. The zero-order valence-electron chi connectivity index (χ0n) is 16.5. The second kappa shape index (κ2) is 8.47. The van der Waals surface area contributed by atoms with E-state index in [-0.39, 0.29) is 5.91 Å². The largest absolute Gasteiger partial charge is 0.313 e. The number of tetrazole rings is 1. The van der Waals surface area contributed by atoms with Gasteiger partial charge in [-0.25, -0.2) is 0 Å². The molecule has 28 heavy (non-hydrogen) atoms. The quantitative estimate of drug-likeness (QED) is 0.651. The lowest BCUT2D eigenvalue weighted by Gasteiger charge is -2.27. The van der Waals surface area contributed by atoms with E-state index in [0.717, 1.165) is 31.4 Å². The lowest BCUT2D eigenvalue weighted by atomic mass is 10.0. The first-order valence-electron chi connectivity index (χ1n) is 10.2. The van der Waals surface area contributed by atoms with E-state index in [1.807, 2.05) is 12.1 Å². The highest BCUT2D eigenvalue weighted by Crippen LogP contribution is 2.34. The van der Waals surface area contributed by atoms with Crippen molar-refractivity contribution in [1.82, 2.24) is 25.1 Å². The Balaban J connectivity index is 1.44. The lowest BCUT2D eigenvalue weighted by molar-refractivity contribution is -0.127. The van der Waals surface area contributed by atoms with Crippen LogP contribution in [0.1, 0.15) is 63.9 Å². The van der Waals surface area contributed by atoms with Crippen LogP contribution in [0.15, 0.2) is 41.2 Å². The number of carbonyl (C=O) groups is 1. The number of hydrogen-bond acceptors (Lipinski definition) is 5. The highest BCUT2D eigenvalue weighted by atomic mass is 32.2. The van der Waals surface area contributed by atoms with Gasteiger partial charge in [-0.2, -0.15) is 4.68 Å². The van der Waals surface area contributed by atoms with Gasteiger partial charge in [0.05, 0.1) is 11.4 Å². The van der Waals surface area contributed by atoms with Crippen LogP contribution in [0.3, 0.4) is 0 Å². The summed E-state index contributed by atoms with van der Waals surface area (Å²) in [6, 6.07) is 8.66. The third kappa shape index (κ3) is 4.29. The molecule has 0 aliphatic heterocycles. The predicted octanol–water partition coefficient (Wildman–Crippen LogP) is 4.33. The van der Waals surface area contributed by atoms with E-state index >= 15 is 0 Å². The summed E-state index contributed by atoms with van der Waals surface area (Å²) in [4.78, 5) is 15.0. The van der Waals surface area contributed by atoms with Crippen LogP contribution < -0.4 is 0 Å². The summed E-state index contributed by atoms with van der Waals surface area (Å²) in [5.41, 5.74) is 3.42. The molecule has 4 rings (SSSR count). The molecule has 1 aromatic heterocycles. The summed E-state index contributed by atoms with van der Waals surface area (Å²) in [5, 5.41) is 12.7. The summed E-state index contributed by atoms with van der Waals surface area (Å²) in [7, 11) is 0. The first-order valence-corrected chi connectivity index (χ1v) is 11.1. The Kier molecular flexibility index (Phi) is 5.80. The number of aromatic nitrogens is 4. The third-order valence-corrected chi connectivity index (χ3v) is 6.23. The van der Waals surface area contributed by atoms with E-state index < -0.39 is 0 Å². The number of allylic oxidation sites excluding steroid dienone is 2. The van der Waals surface area contributed by atoms with Gasteiger partial charge in [0.15, 0.2) is 0 Å². The minimum Gasteiger partial charge on any atom is -0.313 e. The Morgan fingerprint density at radius 3 is 2.68 bits per heavy atom. The first kappa shape index (κ1) is 19.2. The van der Waals surface area contributed by atoms with Crippen LogP contribution in [0.25, 0.3) is 5.69 Å². The van der Waals surface area contributed by atoms with Crippen molar-refractivity contribution in [2.45, 2.75) is 69.5 Å². The Morgan fingerprint density at radius 2 is 2.04 bits per heavy atom. The van der Waals surface area contributed by atoms with Gasteiger partial charge in [-0.05, 0) is 72.6 Å². The van der Waals surface area contributed by atoms with Crippen molar-refractivity contribution in [2.24, 2.45) is 0 Å². The molecular weight excluding hydrogens is 370 g/mol. The van der Waals surface area contributed by atoms with E-state index in [1.54, 1.807) is 4.68 Å². The third-order valence-electron chi connectivity index (χ3n) is 5.33. The standard InChI is InChI=1S/C21H27N5OS/c1-15(2)16-8-10-19(11-9-16)26-21(22-23-24-26)28-14-20(27)25(18-12-13-18)17-6-4-3-5-7-17/h6,8-11,15,18H,3-5,7,12-14H2,1-2H3. The van der Waals surface area contributed by atoms with E-state index in [4.69, 9.17) is 0 Å². The van der Waals surface area contributed by atoms with Gasteiger partial charge >= 0.3 is 0 Å². The zero-order chi connectivity index (χ0) is 19.5. The van der Waals surface area contributed by atoms with Crippen molar-refractivity contribution < 1.29 is 4.79 Å². The minimum absolute atomic E-state index is 0.172. The fourth-order valence-corrected chi connectivity index (χ4v) is 4.35. The number of carbonyl (C=O) groups excluding carboxylic acids is 1. The second-order valence-electron chi connectivity index (χ2n) is 7.84. The van der Waals surface area contributed by atoms with Crippen molar-refractivity contribution in [3.8, 4) is 5.69 Å². The van der Waals surface area contributed by atoms with Crippen LogP contribution in [0.2, 0.25) is 0 Å². The summed E-state index contributed by atoms with van der Waals surface area (Å²) in [6.45, 7) is 4.35. The molecule has 2 aliphatic carbocycles. The highest BCUT2D eigenvalue weighted by molar-refractivity contribution is 7.99. The monoisotopic (exact) mass is 397 g/mol. The topological polar surface area (TPSA) is 63.9 Å². The van der Waals surface area contributed by atoms with Gasteiger partial charge in [0.2, 0.25) is 11.1 Å². The molecule has 2 aliphatic rings. The molecule has 0 radical (unpaired) electrons. The lowest BCUT2D eigenvalue weighted by Crippen LogP contribution is -2.34. The molecule has 1 aromatic carbocycles. The van der Waals surface area contributed by atoms with Crippen LogP contribution in [0.5, 0.6) is 0 Å². The minimum atomic E-state index is 0.172. The van der Waals surface area contributed by atoms with E-state index in [0.29, 0.717) is 22.9 Å². The van der Waals surface area contributed by atoms with E-state index in [2.05, 4.69) is 52.5 Å². The fraction of sp³-hybridized carbons (Fsp3) is 0.524. The Hall–Kier alpha value is -2.15. The van der Waals surface area contributed by atoms with Crippen LogP contribution in [0.4, 0.5) is 0 Å². The van der Waals surface area contributed by atoms with Gasteiger partial charge in [0, 0.05) is 11.7 Å².